The highest BCUT2D eigenvalue weighted by atomic mass is 79.9. The van der Waals surface area contributed by atoms with Crippen LogP contribution in [0.1, 0.15) is 18.9 Å². The molecule has 2 rings (SSSR count). The summed E-state index contributed by atoms with van der Waals surface area (Å²) >= 11 is 3.51. The summed E-state index contributed by atoms with van der Waals surface area (Å²) in [7, 11) is 0. The number of rotatable bonds is 5. The standard InChI is InChI=1S/C16H20BrNO4/c1-2-11(9-12-5-3-4-6-13(12)17)15(19)18-7-8-22-14(10-18)16(20)21/h3-6,11,14H,2,7-10H2,1H3,(H,20,21). The Bertz CT molecular complexity index is 549. The van der Waals surface area contributed by atoms with Gasteiger partial charge in [0.1, 0.15) is 0 Å². The van der Waals surface area contributed by atoms with Crippen LogP contribution in [-0.2, 0) is 20.7 Å². The number of hydrogen-bond donors (Lipinski definition) is 1. The summed E-state index contributed by atoms with van der Waals surface area (Å²) in [6, 6.07) is 7.85. The highest BCUT2D eigenvalue weighted by molar-refractivity contribution is 9.10. The van der Waals surface area contributed by atoms with Crippen molar-refractivity contribution in [3.63, 3.8) is 0 Å². The van der Waals surface area contributed by atoms with E-state index in [1.807, 2.05) is 31.2 Å². The van der Waals surface area contributed by atoms with Crippen molar-refractivity contribution in [2.75, 3.05) is 19.7 Å². The maximum absolute atomic E-state index is 12.7. The average molecular weight is 370 g/mol. The summed E-state index contributed by atoms with van der Waals surface area (Å²) in [4.78, 5) is 25.3. The lowest BCUT2D eigenvalue weighted by Crippen LogP contribution is -2.50. The SMILES string of the molecule is CCC(Cc1ccccc1Br)C(=O)N1CCOC(C(=O)O)C1. The molecule has 1 N–H and O–H groups in total. The largest absolute Gasteiger partial charge is 0.479 e. The summed E-state index contributed by atoms with van der Waals surface area (Å²) in [5, 5.41) is 9.04. The molecule has 1 saturated heterocycles. The maximum Gasteiger partial charge on any atom is 0.334 e. The first kappa shape index (κ1) is 17.0. The Hall–Kier alpha value is -1.40. The third kappa shape index (κ3) is 4.08. The van der Waals surface area contributed by atoms with Crippen molar-refractivity contribution < 1.29 is 19.4 Å². The van der Waals surface area contributed by atoms with Gasteiger partial charge in [0.05, 0.1) is 13.2 Å². The van der Waals surface area contributed by atoms with E-state index in [0.29, 0.717) is 13.0 Å². The fraction of sp³-hybridized carbons (Fsp3) is 0.500. The first-order valence-corrected chi connectivity index (χ1v) is 8.18. The Balaban J connectivity index is 2.05. The Morgan fingerprint density at radius 1 is 1.45 bits per heavy atom. The number of nitrogens with zero attached hydrogens (tertiary/aromatic N) is 1. The maximum atomic E-state index is 12.7. The van der Waals surface area contributed by atoms with E-state index in [-0.39, 0.29) is 25.0 Å². The molecule has 22 heavy (non-hydrogen) atoms. The number of hydrogen-bond acceptors (Lipinski definition) is 3. The van der Waals surface area contributed by atoms with Gasteiger partial charge in [-0.2, -0.15) is 0 Å². The molecule has 120 valence electrons. The topological polar surface area (TPSA) is 66.8 Å². The smallest absolute Gasteiger partial charge is 0.334 e. The van der Waals surface area contributed by atoms with Crippen molar-refractivity contribution in [1.82, 2.24) is 4.90 Å². The minimum Gasteiger partial charge on any atom is -0.479 e. The van der Waals surface area contributed by atoms with E-state index in [1.165, 1.54) is 0 Å². The van der Waals surface area contributed by atoms with E-state index >= 15 is 0 Å². The van der Waals surface area contributed by atoms with Crippen LogP contribution >= 0.6 is 15.9 Å². The Kier molecular flexibility index (Phi) is 5.97. The van der Waals surface area contributed by atoms with Gasteiger partial charge in [-0.1, -0.05) is 41.1 Å². The van der Waals surface area contributed by atoms with Crippen LogP contribution in [-0.4, -0.2) is 47.7 Å². The van der Waals surface area contributed by atoms with Crippen LogP contribution in [0.5, 0.6) is 0 Å². The van der Waals surface area contributed by atoms with Gasteiger partial charge >= 0.3 is 5.97 Å². The summed E-state index contributed by atoms with van der Waals surface area (Å²) in [5.74, 6) is -1.16. The number of carbonyl (C=O) groups excluding carboxylic acids is 1. The number of carboxylic acids is 1. The van der Waals surface area contributed by atoms with Crippen molar-refractivity contribution >= 4 is 27.8 Å². The number of ether oxygens (including phenoxy) is 1. The van der Waals surface area contributed by atoms with E-state index in [9.17, 15) is 9.59 Å². The van der Waals surface area contributed by atoms with Gasteiger partial charge in [-0.25, -0.2) is 4.79 Å². The van der Waals surface area contributed by atoms with Crippen LogP contribution < -0.4 is 0 Å². The number of benzene rings is 1. The van der Waals surface area contributed by atoms with Crippen LogP contribution in [0.15, 0.2) is 28.7 Å². The normalized spacial score (nSPS) is 19.7. The molecular weight excluding hydrogens is 350 g/mol. The minimum absolute atomic E-state index is 0.00723. The van der Waals surface area contributed by atoms with E-state index in [4.69, 9.17) is 9.84 Å². The van der Waals surface area contributed by atoms with Crippen molar-refractivity contribution in [1.29, 1.82) is 0 Å². The van der Waals surface area contributed by atoms with Gasteiger partial charge in [-0.05, 0) is 24.5 Å². The third-order valence-corrected chi connectivity index (χ3v) is 4.69. The zero-order chi connectivity index (χ0) is 16.1. The minimum atomic E-state index is -1.02. The second-order valence-corrected chi connectivity index (χ2v) is 6.24. The number of morpholine rings is 1. The zero-order valence-electron chi connectivity index (χ0n) is 12.5. The second-order valence-electron chi connectivity index (χ2n) is 5.38. The molecule has 0 aliphatic carbocycles. The van der Waals surface area contributed by atoms with Crippen LogP contribution in [0.4, 0.5) is 0 Å². The van der Waals surface area contributed by atoms with Gasteiger partial charge in [0.2, 0.25) is 5.91 Å². The zero-order valence-corrected chi connectivity index (χ0v) is 14.1. The van der Waals surface area contributed by atoms with Gasteiger partial charge in [0.25, 0.3) is 0 Å². The first-order chi connectivity index (χ1) is 10.5. The molecular formula is C16H20BrNO4. The van der Waals surface area contributed by atoms with E-state index in [1.54, 1.807) is 4.90 Å². The highest BCUT2D eigenvalue weighted by Gasteiger charge is 2.31. The molecule has 0 bridgehead atoms. The number of carbonyl (C=O) groups is 2. The summed E-state index contributed by atoms with van der Waals surface area (Å²) in [6.07, 6.45) is 0.444. The van der Waals surface area contributed by atoms with Gasteiger partial charge in [-0.3, -0.25) is 4.79 Å². The summed E-state index contributed by atoms with van der Waals surface area (Å²) in [6.45, 7) is 2.83. The molecule has 0 radical (unpaired) electrons. The number of carboxylic acid groups (broad SMARTS) is 1. The van der Waals surface area contributed by atoms with Crippen molar-refractivity contribution in [3.05, 3.63) is 34.3 Å². The molecule has 1 aromatic rings. The van der Waals surface area contributed by atoms with E-state index in [2.05, 4.69) is 15.9 Å². The monoisotopic (exact) mass is 369 g/mol. The van der Waals surface area contributed by atoms with Crippen LogP contribution in [0.25, 0.3) is 0 Å². The second kappa shape index (κ2) is 7.74. The van der Waals surface area contributed by atoms with E-state index < -0.39 is 12.1 Å². The molecule has 1 heterocycles. The Labute approximate surface area is 138 Å². The first-order valence-electron chi connectivity index (χ1n) is 7.39. The van der Waals surface area contributed by atoms with Crippen molar-refractivity contribution in [3.8, 4) is 0 Å². The summed E-state index contributed by atoms with van der Waals surface area (Å²) in [5.41, 5.74) is 1.09. The average Bonchev–Trinajstić information content (AvgIpc) is 2.53. The molecule has 5 nitrogen and oxygen atoms in total. The number of aliphatic carboxylic acids is 1. The lowest BCUT2D eigenvalue weighted by molar-refractivity contribution is -0.160. The lowest BCUT2D eigenvalue weighted by Gasteiger charge is -2.33. The Morgan fingerprint density at radius 2 is 2.18 bits per heavy atom. The highest BCUT2D eigenvalue weighted by Crippen LogP contribution is 2.23. The molecule has 6 heteroatoms. The van der Waals surface area contributed by atoms with Crippen molar-refractivity contribution in [2.24, 2.45) is 5.92 Å². The van der Waals surface area contributed by atoms with Gasteiger partial charge in [0, 0.05) is 16.9 Å². The van der Waals surface area contributed by atoms with Gasteiger partial charge in [-0.15, -0.1) is 0 Å². The predicted molar refractivity (Wildman–Crippen MR) is 85.6 cm³/mol. The molecule has 1 aliphatic rings. The molecule has 1 aromatic carbocycles. The molecule has 0 aromatic heterocycles. The van der Waals surface area contributed by atoms with Gasteiger partial charge in [0.15, 0.2) is 6.10 Å². The number of halogens is 1. The fourth-order valence-corrected chi connectivity index (χ4v) is 3.04. The predicted octanol–water partition coefficient (Wildman–Crippen LogP) is 2.33. The molecule has 1 fully saturated rings. The third-order valence-electron chi connectivity index (χ3n) is 3.92. The lowest BCUT2D eigenvalue weighted by atomic mass is 9.95. The van der Waals surface area contributed by atoms with Crippen LogP contribution in [0.2, 0.25) is 0 Å². The molecule has 1 amide bonds. The molecule has 1 aliphatic heterocycles. The van der Waals surface area contributed by atoms with E-state index in [0.717, 1.165) is 16.5 Å². The fourth-order valence-electron chi connectivity index (χ4n) is 2.59. The van der Waals surface area contributed by atoms with Gasteiger partial charge < -0.3 is 14.7 Å². The molecule has 2 atom stereocenters. The molecule has 0 saturated carbocycles. The Morgan fingerprint density at radius 3 is 2.82 bits per heavy atom. The quantitative estimate of drug-likeness (QED) is 0.864. The van der Waals surface area contributed by atoms with Crippen LogP contribution in [0.3, 0.4) is 0 Å². The number of amides is 1. The van der Waals surface area contributed by atoms with Crippen molar-refractivity contribution in [2.45, 2.75) is 25.9 Å². The summed E-state index contributed by atoms with van der Waals surface area (Å²) < 4.78 is 6.16. The molecule has 2 unspecified atom stereocenters. The molecule has 0 spiro atoms. The van der Waals surface area contributed by atoms with Crippen LogP contribution in [0, 0.1) is 5.92 Å².